The van der Waals surface area contributed by atoms with Crippen LogP contribution in [0.15, 0.2) is 34.9 Å². The maximum Gasteiger partial charge on any atom is 0.232 e. The highest BCUT2D eigenvalue weighted by atomic mass is 32.1. The van der Waals surface area contributed by atoms with Crippen molar-refractivity contribution in [2.24, 2.45) is 5.92 Å². The number of benzene rings is 1. The Bertz CT molecular complexity index is 824. The highest BCUT2D eigenvalue weighted by Crippen LogP contribution is 2.37. The Balaban J connectivity index is 1.74. The van der Waals surface area contributed by atoms with E-state index in [1.165, 1.54) is 11.1 Å². The third-order valence-electron chi connectivity index (χ3n) is 4.31. The average Bonchev–Trinajstić information content (AvgIpc) is 3.11. The van der Waals surface area contributed by atoms with Gasteiger partial charge < -0.3 is 4.42 Å². The summed E-state index contributed by atoms with van der Waals surface area (Å²) in [6.45, 7) is 4.63. The molecule has 1 aliphatic carbocycles. The van der Waals surface area contributed by atoms with Crippen LogP contribution in [0.5, 0.6) is 0 Å². The molecule has 5 heteroatoms. The lowest BCUT2D eigenvalue weighted by Gasteiger charge is -2.18. The van der Waals surface area contributed by atoms with Crippen LogP contribution in [0.1, 0.15) is 29.7 Å². The number of fused-ring (bicyclic) bond motifs is 1. The summed E-state index contributed by atoms with van der Waals surface area (Å²) in [7, 11) is 0. The van der Waals surface area contributed by atoms with Crippen LogP contribution in [0.2, 0.25) is 0 Å². The molecule has 4 rings (SSSR count). The van der Waals surface area contributed by atoms with Crippen LogP contribution in [0.3, 0.4) is 0 Å². The van der Waals surface area contributed by atoms with Gasteiger partial charge in [-0.25, -0.2) is 4.98 Å². The number of anilines is 1. The van der Waals surface area contributed by atoms with E-state index in [4.69, 9.17) is 9.40 Å². The van der Waals surface area contributed by atoms with E-state index < -0.39 is 0 Å². The minimum atomic E-state index is 0.153. The quantitative estimate of drug-likeness (QED) is 0.711. The number of carbonyl (C=O) groups is 1. The first kappa shape index (κ1) is 14.5. The van der Waals surface area contributed by atoms with E-state index >= 15 is 0 Å². The number of thiazole rings is 1. The molecule has 0 atom stereocenters. The predicted molar refractivity (Wildman–Crippen MR) is 91.7 cm³/mol. The van der Waals surface area contributed by atoms with Gasteiger partial charge in [-0.2, -0.15) is 0 Å². The van der Waals surface area contributed by atoms with Crippen molar-refractivity contribution in [1.29, 1.82) is 0 Å². The van der Waals surface area contributed by atoms with Gasteiger partial charge in [0.2, 0.25) is 5.91 Å². The van der Waals surface area contributed by atoms with Gasteiger partial charge in [0.25, 0.3) is 0 Å². The Morgan fingerprint density at radius 3 is 2.83 bits per heavy atom. The molecule has 2 heterocycles. The molecule has 0 saturated heterocycles. The van der Waals surface area contributed by atoms with Crippen molar-refractivity contribution in [3.8, 4) is 0 Å². The highest BCUT2D eigenvalue weighted by molar-refractivity contribution is 7.22. The highest BCUT2D eigenvalue weighted by Gasteiger charge is 2.35. The monoisotopic (exact) mass is 326 g/mol. The number of furan rings is 1. The smallest absolute Gasteiger partial charge is 0.232 e. The van der Waals surface area contributed by atoms with Gasteiger partial charge in [0, 0.05) is 5.92 Å². The Morgan fingerprint density at radius 2 is 2.13 bits per heavy atom. The fourth-order valence-electron chi connectivity index (χ4n) is 2.63. The standard InChI is InChI=1S/C18H18N2O2S/c1-11-8-15-16(9-12(11)2)23-18(19-15)20(17(21)13-5-6-13)10-14-4-3-7-22-14/h3-4,7-9,13H,5-6,10H2,1-2H3. The van der Waals surface area contributed by atoms with E-state index in [1.54, 1.807) is 22.5 Å². The fourth-order valence-corrected chi connectivity index (χ4v) is 3.68. The first-order chi connectivity index (χ1) is 11.1. The zero-order valence-electron chi connectivity index (χ0n) is 13.2. The first-order valence-corrected chi connectivity index (χ1v) is 8.65. The van der Waals surface area contributed by atoms with Gasteiger partial charge in [0.1, 0.15) is 5.76 Å². The molecule has 2 aromatic heterocycles. The zero-order chi connectivity index (χ0) is 16.0. The SMILES string of the molecule is Cc1cc2nc(N(Cc3ccco3)C(=O)C3CC3)sc2cc1C. The second kappa shape index (κ2) is 5.49. The molecule has 0 aliphatic heterocycles. The Hall–Kier alpha value is -2.14. The molecule has 1 amide bonds. The second-order valence-electron chi connectivity index (χ2n) is 6.18. The number of nitrogens with zero attached hydrogens (tertiary/aromatic N) is 2. The summed E-state index contributed by atoms with van der Waals surface area (Å²) in [5.74, 6) is 1.10. The number of aryl methyl sites for hydroxylation is 2. The molecule has 1 saturated carbocycles. The molecule has 0 N–H and O–H groups in total. The van der Waals surface area contributed by atoms with E-state index in [0.29, 0.717) is 6.54 Å². The number of carbonyl (C=O) groups excluding carboxylic acids is 1. The van der Waals surface area contributed by atoms with Crippen LogP contribution in [-0.4, -0.2) is 10.9 Å². The summed E-state index contributed by atoms with van der Waals surface area (Å²) in [5.41, 5.74) is 3.43. The van der Waals surface area contributed by atoms with Crippen molar-refractivity contribution in [2.75, 3.05) is 4.90 Å². The summed E-state index contributed by atoms with van der Waals surface area (Å²) in [6.07, 6.45) is 3.60. The molecule has 118 valence electrons. The number of amides is 1. The van der Waals surface area contributed by atoms with Crippen molar-refractivity contribution < 1.29 is 9.21 Å². The minimum absolute atomic E-state index is 0.153. The van der Waals surface area contributed by atoms with E-state index in [-0.39, 0.29) is 11.8 Å². The summed E-state index contributed by atoms with van der Waals surface area (Å²) in [5, 5.41) is 0.762. The van der Waals surface area contributed by atoms with Crippen LogP contribution >= 0.6 is 11.3 Å². The number of hydrogen-bond donors (Lipinski definition) is 0. The molecular formula is C18H18N2O2S. The van der Waals surface area contributed by atoms with Crippen molar-refractivity contribution in [2.45, 2.75) is 33.2 Å². The third kappa shape index (κ3) is 2.77. The molecule has 0 radical (unpaired) electrons. The summed E-state index contributed by atoms with van der Waals surface area (Å²) < 4.78 is 6.55. The molecule has 1 aliphatic rings. The van der Waals surface area contributed by atoms with Crippen LogP contribution in [0.25, 0.3) is 10.2 Å². The Kier molecular flexibility index (Phi) is 3.45. The molecule has 0 spiro atoms. The summed E-state index contributed by atoms with van der Waals surface area (Å²) in [4.78, 5) is 19.2. The number of aromatic nitrogens is 1. The van der Waals surface area contributed by atoms with Crippen molar-refractivity contribution in [1.82, 2.24) is 4.98 Å². The van der Waals surface area contributed by atoms with Gasteiger partial charge in [0.05, 0.1) is 23.0 Å². The maximum atomic E-state index is 12.7. The van der Waals surface area contributed by atoms with Gasteiger partial charge in [-0.3, -0.25) is 9.69 Å². The molecule has 1 aromatic carbocycles. The Labute approximate surface area is 138 Å². The normalized spacial score (nSPS) is 14.3. The largest absolute Gasteiger partial charge is 0.467 e. The molecule has 4 nitrogen and oxygen atoms in total. The van der Waals surface area contributed by atoms with Crippen LogP contribution in [0.4, 0.5) is 5.13 Å². The average molecular weight is 326 g/mol. The topological polar surface area (TPSA) is 46.3 Å². The molecule has 23 heavy (non-hydrogen) atoms. The van der Waals surface area contributed by atoms with Gasteiger partial charge >= 0.3 is 0 Å². The van der Waals surface area contributed by atoms with Gasteiger partial charge in [-0.15, -0.1) is 0 Å². The molecular weight excluding hydrogens is 308 g/mol. The van der Waals surface area contributed by atoms with Gasteiger partial charge in [-0.05, 0) is 62.1 Å². The zero-order valence-corrected chi connectivity index (χ0v) is 14.0. The third-order valence-corrected chi connectivity index (χ3v) is 5.35. The lowest BCUT2D eigenvalue weighted by Crippen LogP contribution is -2.31. The lowest BCUT2D eigenvalue weighted by molar-refractivity contribution is -0.120. The van der Waals surface area contributed by atoms with E-state index in [9.17, 15) is 4.79 Å². The predicted octanol–water partition coefficient (Wildman–Crippen LogP) is 4.45. The molecule has 0 bridgehead atoms. The van der Waals surface area contributed by atoms with Crippen molar-refractivity contribution in [3.05, 3.63) is 47.4 Å². The fraction of sp³-hybridized carbons (Fsp3) is 0.333. The molecule has 0 unspecified atom stereocenters. The van der Waals surface area contributed by atoms with E-state index in [2.05, 4.69) is 26.0 Å². The number of rotatable bonds is 4. The van der Waals surface area contributed by atoms with Crippen LogP contribution in [0, 0.1) is 19.8 Å². The van der Waals surface area contributed by atoms with Gasteiger partial charge in [0.15, 0.2) is 5.13 Å². The second-order valence-corrected chi connectivity index (χ2v) is 7.19. The molecule has 1 fully saturated rings. The minimum Gasteiger partial charge on any atom is -0.467 e. The van der Waals surface area contributed by atoms with Gasteiger partial charge in [-0.1, -0.05) is 11.3 Å². The van der Waals surface area contributed by atoms with Crippen molar-refractivity contribution >= 4 is 32.6 Å². The van der Waals surface area contributed by atoms with E-state index in [0.717, 1.165) is 34.0 Å². The van der Waals surface area contributed by atoms with E-state index in [1.807, 2.05) is 12.1 Å². The van der Waals surface area contributed by atoms with Crippen LogP contribution in [-0.2, 0) is 11.3 Å². The lowest BCUT2D eigenvalue weighted by atomic mass is 10.1. The first-order valence-electron chi connectivity index (χ1n) is 7.83. The molecule has 3 aromatic rings. The summed E-state index contributed by atoms with van der Waals surface area (Å²) in [6, 6.07) is 7.99. The van der Waals surface area contributed by atoms with Crippen molar-refractivity contribution in [3.63, 3.8) is 0 Å². The Morgan fingerprint density at radius 1 is 1.35 bits per heavy atom. The maximum absolute atomic E-state index is 12.7. The number of hydrogen-bond acceptors (Lipinski definition) is 4. The summed E-state index contributed by atoms with van der Waals surface area (Å²) >= 11 is 1.58. The van der Waals surface area contributed by atoms with Crippen LogP contribution < -0.4 is 4.90 Å².